The van der Waals surface area contributed by atoms with E-state index in [1.807, 2.05) is 4.90 Å². The molecule has 1 saturated heterocycles. The Kier molecular flexibility index (Phi) is 3.84. The minimum absolute atomic E-state index is 0.103. The van der Waals surface area contributed by atoms with E-state index in [2.05, 4.69) is 5.16 Å². The molecule has 0 saturated carbocycles. The minimum Gasteiger partial charge on any atom is -0.409 e. The Morgan fingerprint density at radius 1 is 1.29 bits per heavy atom. The van der Waals surface area contributed by atoms with Crippen LogP contribution in [0.4, 0.5) is 10.1 Å². The third-order valence-electron chi connectivity index (χ3n) is 2.92. The van der Waals surface area contributed by atoms with E-state index < -0.39 is 5.82 Å². The average Bonchev–Trinajstić information content (AvgIpc) is 2.57. The number of nitrogens with zero attached hydrogens (tertiary/aromatic N) is 2. The topological polar surface area (TPSA) is 35.8 Å². The molecule has 0 aliphatic carbocycles. The van der Waals surface area contributed by atoms with E-state index in [4.69, 9.17) is 16.8 Å². The van der Waals surface area contributed by atoms with Gasteiger partial charge >= 0.3 is 0 Å². The van der Waals surface area contributed by atoms with Crippen molar-refractivity contribution in [1.29, 1.82) is 0 Å². The second kappa shape index (κ2) is 5.36. The number of hydrogen-bond donors (Lipinski definition) is 1. The van der Waals surface area contributed by atoms with Crippen LogP contribution in [0.1, 0.15) is 25.7 Å². The first kappa shape index (κ1) is 12.2. The van der Waals surface area contributed by atoms with Crippen LogP contribution in [0.3, 0.4) is 0 Å². The molecule has 0 atom stereocenters. The molecule has 0 spiro atoms. The molecule has 1 aliphatic rings. The molecule has 1 aliphatic heterocycles. The molecular weight excluding hydrogens is 243 g/mol. The minimum atomic E-state index is -0.453. The summed E-state index contributed by atoms with van der Waals surface area (Å²) >= 11 is 5.65. The molecule has 0 bridgehead atoms. The van der Waals surface area contributed by atoms with E-state index in [1.54, 1.807) is 6.07 Å². The van der Waals surface area contributed by atoms with E-state index >= 15 is 0 Å². The number of oxime groups is 1. The Morgan fingerprint density at radius 3 is 2.82 bits per heavy atom. The summed E-state index contributed by atoms with van der Waals surface area (Å²) in [5.74, 6) is 0.134. The molecule has 0 radical (unpaired) electrons. The highest BCUT2D eigenvalue weighted by atomic mass is 35.5. The Morgan fingerprint density at radius 2 is 2.12 bits per heavy atom. The van der Waals surface area contributed by atoms with Gasteiger partial charge in [0.15, 0.2) is 0 Å². The lowest BCUT2D eigenvalue weighted by Crippen LogP contribution is -2.30. The monoisotopic (exact) mass is 256 g/mol. The number of amidine groups is 1. The molecule has 1 fully saturated rings. The van der Waals surface area contributed by atoms with Crippen LogP contribution >= 0.6 is 11.6 Å². The van der Waals surface area contributed by atoms with Crippen LogP contribution in [-0.2, 0) is 0 Å². The fraction of sp³-hybridized carbons (Fsp3) is 0.417. The number of anilines is 1. The van der Waals surface area contributed by atoms with Gasteiger partial charge in [-0.3, -0.25) is 0 Å². The Bertz CT molecular complexity index is 437. The summed E-state index contributed by atoms with van der Waals surface area (Å²) < 4.78 is 13.4. The quantitative estimate of drug-likeness (QED) is 0.615. The molecule has 3 nitrogen and oxygen atoms in total. The van der Waals surface area contributed by atoms with E-state index in [0.717, 1.165) is 25.8 Å². The van der Waals surface area contributed by atoms with Crippen molar-refractivity contribution in [2.45, 2.75) is 25.7 Å². The Hall–Kier alpha value is -1.29. The Balaban J connectivity index is 2.32. The van der Waals surface area contributed by atoms with Gasteiger partial charge in [0, 0.05) is 18.7 Å². The normalized spacial score (nSPS) is 19.4. The van der Waals surface area contributed by atoms with Crippen molar-refractivity contribution in [2.75, 3.05) is 11.4 Å². The molecule has 0 amide bonds. The first-order valence-corrected chi connectivity index (χ1v) is 6.03. The van der Waals surface area contributed by atoms with Gasteiger partial charge in [-0.2, -0.15) is 0 Å². The lowest BCUT2D eigenvalue weighted by atomic mass is 10.2. The summed E-state index contributed by atoms with van der Waals surface area (Å²) in [7, 11) is 0. The third-order valence-corrected chi connectivity index (χ3v) is 3.23. The van der Waals surface area contributed by atoms with Gasteiger partial charge in [0.25, 0.3) is 0 Å². The van der Waals surface area contributed by atoms with Gasteiger partial charge in [0.2, 0.25) is 0 Å². The molecular formula is C12H14ClFN2O. The molecule has 92 valence electrons. The van der Waals surface area contributed by atoms with Crippen molar-refractivity contribution in [1.82, 2.24) is 0 Å². The van der Waals surface area contributed by atoms with Crippen molar-refractivity contribution < 1.29 is 9.60 Å². The number of benzene rings is 1. The summed E-state index contributed by atoms with van der Waals surface area (Å²) in [5.41, 5.74) is 0.682. The maximum absolute atomic E-state index is 13.4. The summed E-state index contributed by atoms with van der Waals surface area (Å²) in [5, 5.41) is 12.4. The van der Waals surface area contributed by atoms with Crippen LogP contribution in [0.15, 0.2) is 23.4 Å². The zero-order valence-electron chi connectivity index (χ0n) is 9.37. The molecule has 1 aromatic carbocycles. The van der Waals surface area contributed by atoms with E-state index in [0.29, 0.717) is 17.9 Å². The molecule has 0 unspecified atom stereocenters. The highest BCUT2D eigenvalue weighted by molar-refractivity contribution is 6.30. The van der Waals surface area contributed by atoms with Crippen molar-refractivity contribution in [3.05, 3.63) is 29.0 Å². The standard InChI is InChI=1S/C12H14ClFN2O/c13-10-6-5-9(8-11(10)14)16-7-3-1-2-4-12(16)15-17/h5-6,8,17H,1-4,7H2. The van der Waals surface area contributed by atoms with E-state index in [-0.39, 0.29) is 5.02 Å². The van der Waals surface area contributed by atoms with E-state index in [1.165, 1.54) is 12.1 Å². The first-order valence-electron chi connectivity index (χ1n) is 5.66. The van der Waals surface area contributed by atoms with Gasteiger partial charge < -0.3 is 10.1 Å². The fourth-order valence-electron chi connectivity index (χ4n) is 2.03. The zero-order valence-corrected chi connectivity index (χ0v) is 10.1. The van der Waals surface area contributed by atoms with Crippen molar-refractivity contribution in [2.24, 2.45) is 5.16 Å². The second-order valence-corrected chi connectivity index (χ2v) is 4.48. The second-order valence-electron chi connectivity index (χ2n) is 4.08. The maximum Gasteiger partial charge on any atom is 0.148 e. The third kappa shape index (κ3) is 2.69. The van der Waals surface area contributed by atoms with Gasteiger partial charge in [-0.25, -0.2) is 4.39 Å². The summed E-state index contributed by atoms with van der Waals surface area (Å²) in [4.78, 5) is 1.84. The lowest BCUT2D eigenvalue weighted by Gasteiger charge is -2.23. The van der Waals surface area contributed by atoms with Crippen LogP contribution in [-0.4, -0.2) is 17.6 Å². The molecule has 0 aromatic heterocycles. The smallest absolute Gasteiger partial charge is 0.148 e. The SMILES string of the molecule is ON=C1CCCCCN1c1ccc(Cl)c(F)c1. The van der Waals surface area contributed by atoms with Crippen molar-refractivity contribution in [3.63, 3.8) is 0 Å². The fourth-order valence-corrected chi connectivity index (χ4v) is 2.15. The number of hydrogen-bond acceptors (Lipinski definition) is 2. The molecule has 1 heterocycles. The van der Waals surface area contributed by atoms with Gasteiger partial charge in [-0.1, -0.05) is 23.2 Å². The predicted molar refractivity (Wildman–Crippen MR) is 66.4 cm³/mol. The van der Waals surface area contributed by atoms with Crippen LogP contribution in [0.25, 0.3) is 0 Å². The molecule has 1 N–H and O–H groups in total. The van der Waals surface area contributed by atoms with Crippen molar-refractivity contribution >= 4 is 23.1 Å². The maximum atomic E-state index is 13.4. The lowest BCUT2D eigenvalue weighted by molar-refractivity contribution is 0.316. The first-order chi connectivity index (χ1) is 8.22. The molecule has 1 aromatic rings. The molecule has 17 heavy (non-hydrogen) atoms. The van der Waals surface area contributed by atoms with Crippen molar-refractivity contribution in [3.8, 4) is 0 Å². The molecule has 2 rings (SSSR count). The largest absolute Gasteiger partial charge is 0.409 e. The number of rotatable bonds is 1. The average molecular weight is 257 g/mol. The van der Waals surface area contributed by atoms with E-state index in [9.17, 15) is 4.39 Å². The van der Waals surface area contributed by atoms with Crippen LogP contribution in [0.2, 0.25) is 5.02 Å². The Labute approximate surface area is 104 Å². The van der Waals surface area contributed by atoms with Gasteiger partial charge in [0.1, 0.15) is 11.7 Å². The van der Waals surface area contributed by atoms with Gasteiger partial charge in [0.05, 0.1) is 5.02 Å². The summed E-state index contributed by atoms with van der Waals surface area (Å²) in [6.07, 6.45) is 3.79. The highest BCUT2D eigenvalue weighted by Gasteiger charge is 2.18. The predicted octanol–water partition coefficient (Wildman–Crippen LogP) is 3.65. The van der Waals surface area contributed by atoms with Crippen LogP contribution in [0.5, 0.6) is 0 Å². The summed E-state index contributed by atoms with van der Waals surface area (Å²) in [6.45, 7) is 0.737. The van der Waals surface area contributed by atoms with Crippen LogP contribution in [0, 0.1) is 5.82 Å². The number of halogens is 2. The van der Waals surface area contributed by atoms with Crippen LogP contribution < -0.4 is 4.90 Å². The van der Waals surface area contributed by atoms with Gasteiger partial charge in [-0.15, -0.1) is 0 Å². The zero-order chi connectivity index (χ0) is 12.3. The molecule has 5 heteroatoms. The van der Waals surface area contributed by atoms with Gasteiger partial charge in [-0.05, 0) is 31.0 Å². The summed E-state index contributed by atoms with van der Waals surface area (Å²) in [6, 6.07) is 4.63. The highest BCUT2D eigenvalue weighted by Crippen LogP contribution is 2.25.